The number of aryl methyl sites for hydroxylation is 2. The fourth-order valence-corrected chi connectivity index (χ4v) is 4.06. The Morgan fingerprint density at radius 3 is 2.43 bits per heavy atom. The first-order valence-electron chi connectivity index (χ1n) is 6.64. The van der Waals surface area contributed by atoms with Gasteiger partial charge in [-0.2, -0.15) is 0 Å². The molecule has 0 aliphatic rings. The molecule has 0 spiro atoms. The molecule has 2 nitrogen and oxygen atoms in total. The molecule has 0 saturated carbocycles. The molecule has 0 bridgehead atoms. The maximum Gasteiger partial charge on any atom is 0.142 e. The van der Waals surface area contributed by atoms with Crippen LogP contribution in [0, 0.1) is 19.7 Å². The molecule has 2 rings (SSSR count). The molecule has 0 radical (unpaired) electrons. The van der Waals surface area contributed by atoms with Crippen molar-refractivity contribution >= 4 is 34.5 Å². The maximum absolute atomic E-state index is 13.6. The van der Waals surface area contributed by atoms with Crippen LogP contribution in [0.3, 0.4) is 0 Å². The van der Waals surface area contributed by atoms with Crippen LogP contribution in [-0.2, 0) is 0 Å². The zero-order chi connectivity index (χ0) is 15.7. The second-order valence-corrected chi connectivity index (χ2v) is 7.07. The van der Waals surface area contributed by atoms with Gasteiger partial charge in [0.05, 0.1) is 15.7 Å². The summed E-state index contributed by atoms with van der Waals surface area (Å²) in [5, 5.41) is 4.98. The topological polar surface area (TPSA) is 24.9 Å². The summed E-state index contributed by atoms with van der Waals surface area (Å²) in [6.07, 6.45) is 0. The van der Waals surface area contributed by atoms with E-state index in [0.717, 1.165) is 10.7 Å². The minimum Gasteiger partial charge on any atom is -0.303 e. The quantitative estimate of drug-likeness (QED) is 0.727. The van der Waals surface area contributed by atoms with Crippen molar-refractivity contribution in [1.29, 1.82) is 0 Å². The summed E-state index contributed by atoms with van der Waals surface area (Å²) in [5.74, 6) is -0.456. The van der Waals surface area contributed by atoms with Crippen LogP contribution in [0.1, 0.15) is 47.1 Å². The average molecular weight is 347 g/mol. The molecular formula is C15H17Cl2FN2S. The third-order valence-corrected chi connectivity index (χ3v) is 5.31. The van der Waals surface area contributed by atoms with Gasteiger partial charge in [0, 0.05) is 27.5 Å². The van der Waals surface area contributed by atoms with Gasteiger partial charge in [0.15, 0.2) is 0 Å². The molecule has 0 amide bonds. The predicted molar refractivity (Wildman–Crippen MR) is 88.0 cm³/mol. The summed E-state index contributed by atoms with van der Waals surface area (Å²) in [5.41, 5.74) is 1.60. The molecule has 2 unspecified atom stereocenters. The number of thiazole rings is 1. The van der Waals surface area contributed by atoms with Crippen LogP contribution >= 0.6 is 34.5 Å². The van der Waals surface area contributed by atoms with Crippen molar-refractivity contribution in [3.63, 3.8) is 0 Å². The molecule has 2 aromatic rings. The molecule has 1 aromatic carbocycles. The van der Waals surface area contributed by atoms with Gasteiger partial charge >= 0.3 is 0 Å². The standard InChI is InChI=1S/C15H17Cl2FN2S/c1-7(13-11(16)5-6-12(18)14(13)17)19-8(2)15-9(3)20-10(4)21-15/h5-8,19H,1-4H3. The Morgan fingerprint density at radius 2 is 1.86 bits per heavy atom. The first-order chi connectivity index (χ1) is 9.81. The molecule has 1 heterocycles. The zero-order valence-corrected chi connectivity index (χ0v) is 14.6. The summed E-state index contributed by atoms with van der Waals surface area (Å²) in [4.78, 5) is 5.60. The molecule has 114 valence electrons. The fraction of sp³-hybridized carbons (Fsp3) is 0.400. The maximum atomic E-state index is 13.6. The molecule has 2 atom stereocenters. The van der Waals surface area contributed by atoms with Crippen LogP contribution in [0.5, 0.6) is 0 Å². The van der Waals surface area contributed by atoms with Crippen LogP contribution in [0.2, 0.25) is 10.0 Å². The summed E-state index contributed by atoms with van der Waals surface area (Å²) in [6.45, 7) is 7.95. The molecule has 1 N–H and O–H groups in total. The zero-order valence-electron chi connectivity index (χ0n) is 12.3. The third-order valence-electron chi connectivity index (χ3n) is 3.35. The Hall–Kier alpha value is -0.680. The highest BCUT2D eigenvalue weighted by Gasteiger charge is 2.21. The lowest BCUT2D eigenvalue weighted by atomic mass is 10.1. The monoisotopic (exact) mass is 346 g/mol. The Morgan fingerprint density at radius 1 is 1.19 bits per heavy atom. The molecule has 6 heteroatoms. The van der Waals surface area contributed by atoms with E-state index >= 15 is 0 Å². The molecule has 0 fully saturated rings. The number of aromatic nitrogens is 1. The number of hydrogen-bond donors (Lipinski definition) is 1. The van der Waals surface area contributed by atoms with E-state index in [4.69, 9.17) is 23.2 Å². The lowest BCUT2D eigenvalue weighted by molar-refractivity contribution is 0.495. The van der Waals surface area contributed by atoms with Crippen molar-refractivity contribution in [3.8, 4) is 0 Å². The Labute approximate surface area is 138 Å². The van der Waals surface area contributed by atoms with E-state index in [0.29, 0.717) is 10.6 Å². The number of rotatable bonds is 4. The SMILES string of the molecule is Cc1nc(C)c(C(C)NC(C)c2c(Cl)ccc(F)c2Cl)s1. The smallest absolute Gasteiger partial charge is 0.142 e. The van der Waals surface area contributed by atoms with E-state index in [-0.39, 0.29) is 17.1 Å². The predicted octanol–water partition coefficient (Wildman–Crippen LogP) is 5.62. The van der Waals surface area contributed by atoms with E-state index in [1.165, 1.54) is 17.0 Å². The lowest BCUT2D eigenvalue weighted by Crippen LogP contribution is -2.23. The second kappa shape index (κ2) is 6.61. The normalized spacial score (nSPS) is 14.2. The highest BCUT2D eigenvalue weighted by Crippen LogP contribution is 2.34. The van der Waals surface area contributed by atoms with E-state index in [9.17, 15) is 4.39 Å². The van der Waals surface area contributed by atoms with Crippen LogP contribution in [-0.4, -0.2) is 4.98 Å². The van der Waals surface area contributed by atoms with Gasteiger partial charge in [-0.25, -0.2) is 9.37 Å². The molecule has 0 aliphatic heterocycles. The van der Waals surface area contributed by atoms with Crippen molar-refractivity contribution in [2.75, 3.05) is 0 Å². The van der Waals surface area contributed by atoms with Crippen molar-refractivity contribution in [2.45, 2.75) is 39.8 Å². The van der Waals surface area contributed by atoms with Crippen molar-refractivity contribution in [1.82, 2.24) is 10.3 Å². The second-order valence-electron chi connectivity index (χ2n) is 5.05. The number of halogens is 3. The largest absolute Gasteiger partial charge is 0.303 e. The summed E-state index contributed by atoms with van der Waals surface area (Å²) in [6, 6.07) is 2.73. The van der Waals surface area contributed by atoms with Gasteiger partial charge in [0.25, 0.3) is 0 Å². The number of nitrogens with one attached hydrogen (secondary N) is 1. The van der Waals surface area contributed by atoms with Crippen LogP contribution in [0.25, 0.3) is 0 Å². The lowest BCUT2D eigenvalue weighted by Gasteiger charge is -2.22. The van der Waals surface area contributed by atoms with Gasteiger partial charge in [0.2, 0.25) is 0 Å². The van der Waals surface area contributed by atoms with Gasteiger partial charge in [-0.15, -0.1) is 11.3 Å². The Bertz CT molecular complexity index is 657. The molecular weight excluding hydrogens is 330 g/mol. The van der Waals surface area contributed by atoms with E-state index in [2.05, 4.69) is 17.2 Å². The van der Waals surface area contributed by atoms with Crippen molar-refractivity contribution in [2.24, 2.45) is 0 Å². The van der Waals surface area contributed by atoms with Gasteiger partial charge in [-0.05, 0) is 39.8 Å². The summed E-state index contributed by atoms with van der Waals surface area (Å²) >= 11 is 13.9. The van der Waals surface area contributed by atoms with Gasteiger partial charge < -0.3 is 5.32 Å². The summed E-state index contributed by atoms with van der Waals surface area (Å²) < 4.78 is 13.6. The molecule has 21 heavy (non-hydrogen) atoms. The van der Waals surface area contributed by atoms with E-state index < -0.39 is 5.82 Å². The number of benzene rings is 1. The fourth-order valence-electron chi connectivity index (χ4n) is 2.42. The first-order valence-corrected chi connectivity index (χ1v) is 8.21. The number of hydrogen-bond acceptors (Lipinski definition) is 3. The van der Waals surface area contributed by atoms with E-state index in [1.807, 2.05) is 20.8 Å². The third kappa shape index (κ3) is 3.57. The first kappa shape index (κ1) is 16.7. The van der Waals surface area contributed by atoms with Crippen LogP contribution in [0.15, 0.2) is 12.1 Å². The van der Waals surface area contributed by atoms with Gasteiger partial charge in [-0.3, -0.25) is 0 Å². The van der Waals surface area contributed by atoms with Gasteiger partial charge in [0.1, 0.15) is 5.82 Å². The van der Waals surface area contributed by atoms with Crippen molar-refractivity contribution in [3.05, 3.63) is 49.1 Å². The van der Waals surface area contributed by atoms with Crippen LogP contribution < -0.4 is 5.32 Å². The highest BCUT2D eigenvalue weighted by molar-refractivity contribution is 7.11. The minimum absolute atomic E-state index is 0.0758. The van der Waals surface area contributed by atoms with Crippen molar-refractivity contribution < 1.29 is 4.39 Å². The highest BCUT2D eigenvalue weighted by atomic mass is 35.5. The summed E-state index contributed by atoms with van der Waals surface area (Å²) in [7, 11) is 0. The molecule has 0 saturated heterocycles. The van der Waals surface area contributed by atoms with Crippen LogP contribution in [0.4, 0.5) is 4.39 Å². The molecule has 1 aromatic heterocycles. The van der Waals surface area contributed by atoms with Gasteiger partial charge in [-0.1, -0.05) is 23.2 Å². The Kier molecular flexibility index (Phi) is 5.25. The average Bonchev–Trinajstić information content (AvgIpc) is 2.73. The number of nitrogens with zero attached hydrogens (tertiary/aromatic N) is 1. The Balaban J connectivity index is 2.24. The molecule has 0 aliphatic carbocycles. The van der Waals surface area contributed by atoms with E-state index in [1.54, 1.807) is 11.3 Å². The minimum atomic E-state index is -0.456.